The van der Waals surface area contributed by atoms with Crippen LogP contribution in [0.5, 0.6) is 0 Å². The van der Waals surface area contributed by atoms with Crippen molar-refractivity contribution in [2.75, 3.05) is 0 Å². The maximum atomic E-state index is 10.8. The SMILES string of the molecule is C=CC[C@@H](C)[C@@H](C)S(N)(=O)=O.C=CC[C@@H](C)[C@H](C)S(N)(=O)=O. The van der Waals surface area contributed by atoms with Crippen LogP contribution in [0, 0.1) is 11.8 Å². The number of hydrogen-bond donors (Lipinski definition) is 2. The van der Waals surface area contributed by atoms with Crippen molar-refractivity contribution in [2.45, 2.75) is 51.0 Å². The Labute approximate surface area is 135 Å². The Morgan fingerprint density at radius 2 is 1.00 bits per heavy atom. The topological polar surface area (TPSA) is 120 Å². The molecule has 0 aliphatic heterocycles. The van der Waals surface area contributed by atoms with E-state index in [9.17, 15) is 16.8 Å². The highest BCUT2D eigenvalue weighted by molar-refractivity contribution is 7.90. The molecule has 0 aromatic carbocycles. The molecule has 22 heavy (non-hydrogen) atoms. The largest absolute Gasteiger partial charge is 0.228 e. The van der Waals surface area contributed by atoms with E-state index in [-0.39, 0.29) is 11.8 Å². The van der Waals surface area contributed by atoms with Crippen molar-refractivity contribution in [1.82, 2.24) is 0 Å². The molecule has 0 saturated heterocycles. The number of allylic oxidation sites excluding steroid dienone is 2. The quantitative estimate of drug-likeness (QED) is 0.645. The van der Waals surface area contributed by atoms with Gasteiger partial charge in [0.2, 0.25) is 20.0 Å². The van der Waals surface area contributed by atoms with E-state index < -0.39 is 30.5 Å². The second-order valence-electron chi connectivity index (χ2n) is 5.59. The van der Waals surface area contributed by atoms with Crippen LogP contribution in [0.1, 0.15) is 40.5 Å². The van der Waals surface area contributed by atoms with Crippen molar-refractivity contribution in [3.63, 3.8) is 0 Å². The normalized spacial score (nSPS) is 17.4. The Balaban J connectivity index is 0. The summed E-state index contributed by atoms with van der Waals surface area (Å²) in [4.78, 5) is 0. The monoisotopic (exact) mass is 354 g/mol. The van der Waals surface area contributed by atoms with Crippen molar-refractivity contribution in [3.8, 4) is 0 Å². The lowest BCUT2D eigenvalue weighted by Crippen LogP contribution is -2.31. The lowest BCUT2D eigenvalue weighted by atomic mass is 10.1. The summed E-state index contributed by atoms with van der Waals surface area (Å²) in [5.41, 5.74) is 0. The van der Waals surface area contributed by atoms with Crippen LogP contribution >= 0.6 is 0 Å². The Morgan fingerprint density at radius 3 is 1.14 bits per heavy atom. The smallest absolute Gasteiger partial charge is 0.211 e. The molecule has 0 aliphatic carbocycles. The lowest BCUT2D eigenvalue weighted by molar-refractivity contribution is 0.525. The molecule has 0 heterocycles. The minimum atomic E-state index is -3.37. The molecule has 0 rings (SSSR count). The molecule has 0 bridgehead atoms. The van der Waals surface area contributed by atoms with Crippen LogP contribution in [-0.4, -0.2) is 27.3 Å². The van der Waals surface area contributed by atoms with Crippen LogP contribution in [0.3, 0.4) is 0 Å². The van der Waals surface area contributed by atoms with Gasteiger partial charge in [0.15, 0.2) is 0 Å². The minimum absolute atomic E-state index is 0.0440. The zero-order valence-electron chi connectivity index (χ0n) is 13.9. The van der Waals surface area contributed by atoms with Gasteiger partial charge < -0.3 is 0 Å². The lowest BCUT2D eigenvalue weighted by Gasteiger charge is -2.15. The van der Waals surface area contributed by atoms with E-state index in [0.717, 1.165) is 0 Å². The molecule has 0 unspecified atom stereocenters. The third kappa shape index (κ3) is 10.1. The number of rotatable bonds is 8. The van der Waals surface area contributed by atoms with Crippen molar-refractivity contribution < 1.29 is 16.8 Å². The fraction of sp³-hybridized carbons (Fsp3) is 0.714. The molecular weight excluding hydrogens is 324 g/mol. The molecule has 0 aromatic rings. The second kappa shape index (κ2) is 10.1. The van der Waals surface area contributed by atoms with Crippen molar-refractivity contribution >= 4 is 20.0 Å². The summed E-state index contributed by atoms with van der Waals surface area (Å²) in [5, 5.41) is 8.92. The van der Waals surface area contributed by atoms with E-state index in [1.165, 1.54) is 0 Å². The van der Waals surface area contributed by atoms with Crippen molar-refractivity contribution in [2.24, 2.45) is 22.1 Å². The van der Waals surface area contributed by atoms with Crippen molar-refractivity contribution in [3.05, 3.63) is 25.3 Å². The van der Waals surface area contributed by atoms with Gasteiger partial charge in [0, 0.05) is 0 Å². The van der Waals surface area contributed by atoms with Crippen LogP contribution in [0.2, 0.25) is 0 Å². The third-order valence-electron chi connectivity index (χ3n) is 3.72. The summed E-state index contributed by atoms with van der Waals surface area (Å²) in [6, 6.07) is 0. The minimum Gasteiger partial charge on any atom is -0.228 e. The van der Waals surface area contributed by atoms with E-state index in [1.807, 2.05) is 13.8 Å². The van der Waals surface area contributed by atoms with Crippen LogP contribution in [0.25, 0.3) is 0 Å². The summed E-state index contributed by atoms with van der Waals surface area (Å²) in [5.74, 6) is 0.0880. The van der Waals surface area contributed by atoms with Crippen LogP contribution in [0.4, 0.5) is 0 Å². The molecular formula is C14H30N2O4S2. The van der Waals surface area contributed by atoms with Crippen LogP contribution < -0.4 is 10.3 Å². The Kier molecular flexibility index (Phi) is 10.9. The Bertz CT molecular complexity index is 491. The maximum Gasteiger partial charge on any atom is 0.211 e. The first kappa shape index (κ1) is 23.6. The summed E-state index contributed by atoms with van der Waals surface area (Å²) >= 11 is 0. The fourth-order valence-corrected chi connectivity index (χ4v) is 3.07. The van der Waals surface area contributed by atoms with E-state index in [1.54, 1.807) is 26.0 Å². The zero-order valence-corrected chi connectivity index (χ0v) is 15.5. The molecule has 0 saturated carbocycles. The van der Waals surface area contributed by atoms with Gasteiger partial charge >= 0.3 is 0 Å². The molecule has 132 valence electrons. The maximum absolute atomic E-state index is 10.8. The molecule has 0 radical (unpaired) electrons. The second-order valence-corrected chi connectivity index (χ2v) is 9.43. The van der Waals surface area contributed by atoms with Gasteiger partial charge in [-0.1, -0.05) is 26.0 Å². The molecule has 4 N–H and O–H groups in total. The molecule has 0 spiro atoms. The van der Waals surface area contributed by atoms with E-state index in [2.05, 4.69) is 13.2 Å². The number of nitrogens with two attached hydrogens (primary N) is 2. The number of hydrogen-bond acceptors (Lipinski definition) is 4. The van der Waals surface area contributed by atoms with Gasteiger partial charge in [0.05, 0.1) is 10.5 Å². The van der Waals surface area contributed by atoms with Gasteiger partial charge in [-0.05, 0) is 38.5 Å². The number of sulfonamides is 2. The predicted octanol–water partition coefficient (Wildman–Crippen LogP) is 1.75. The molecule has 8 heteroatoms. The van der Waals surface area contributed by atoms with Crippen LogP contribution in [0.15, 0.2) is 25.3 Å². The first-order valence-electron chi connectivity index (χ1n) is 7.04. The molecule has 4 atom stereocenters. The van der Waals surface area contributed by atoms with Gasteiger partial charge in [-0.15, -0.1) is 13.2 Å². The van der Waals surface area contributed by atoms with Gasteiger partial charge in [-0.25, -0.2) is 27.1 Å². The zero-order chi connectivity index (χ0) is 18.1. The highest BCUT2D eigenvalue weighted by Crippen LogP contribution is 2.14. The molecule has 6 nitrogen and oxygen atoms in total. The molecule has 0 amide bonds. The van der Waals surface area contributed by atoms with Gasteiger partial charge in [0.1, 0.15) is 0 Å². The summed E-state index contributed by atoms with van der Waals surface area (Å²) < 4.78 is 43.2. The average molecular weight is 355 g/mol. The van der Waals surface area contributed by atoms with E-state index in [4.69, 9.17) is 10.3 Å². The molecule has 0 aromatic heterocycles. The summed E-state index contributed by atoms with van der Waals surface area (Å²) in [6.45, 7) is 14.0. The Morgan fingerprint density at radius 1 is 0.773 bits per heavy atom. The first-order valence-corrected chi connectivity index (χ1v) is 10.3. The third-order valence-corrected chi connectivity index (χ3v) is 6.72. The number of primary sulfonamides is 2. The molecule has 0 aliphatic rings. The average Bonchev–Trinajstić information content (AvgIpc) is 2.36. The highest BCUT2D eigenvalue weighted by Gasteiger charge is 2.22. The van der Waals surface area contributed by atoms with E-state index in [0.29, 0.717) is 12.8 Å². The van der Waals surface area contributed by atoms with Crippen LogP contribution in [-0.2, 0) is 20.0 Å². The standard InChI is InChI=1S/2C7H15NO2S/c2*1-4-5-6(2)7(3)11(8,9)10/h2*4,6-7H,1,5H2,2-3H3,(H2,8,9,10)/t6-,7+;6-,7-/m11/s1. The van der Waals surface area contributed by atoms with Gasteiger partial charge in [-0.3, -0.25) is 0 Å². The van der Waals surface area contributed by atoms with Crippen molar-refractivity contribution in [1.29, 1.82) is 0 Å². The molecule has 0 fully saturated rings. The first-order chi connectivity index (χ1) is 9.78. The Hall–Kier alpha value is -0.700. The summed E-state index contributed by atoms with van der Waals surface area (Å²) in [7, 11) is -6.74. The highest BCUT2D eigenvalue weighted by atomic mass is 32.2. The van der Waals surface area contributed by atoms with Gasteiger partial charge in [-0.2, -0.15) is 0 Å². The predicted molar refractivity (Wildman–Crippen MR) is 93.1 cm³/mol. The van der Waals surface area contributed by atoms with Gasteiger partial charge in [0.25, 0.3) is 0 Å². The van der Waals surface area contributed by atoms with E-state index >= 15 is 0 Å². The fourth-order valence-electron chi connectivity index (χ4n) is 1.56. The summed E-state index contributed by atoms with van der Waals surface area (Å²) in [6.07, 6.45) is 4.76.